The molecular formula is C23H21N5O2. The molecule has 1 atom stereocenters. The second-order valence-corrected chi connectivity index (χ2v) is 6.98. The van der Waals surface area contributed by atoms with Gasteiger partial charge in [-0.2, -0.15) is 0 Å². The Morgan fingerprint density at radius 3 is 2.60 bits per heavy atom. The van der Waals surface area contributed by atoms with Crippen molar-refractivity contribution >= 4 is 29.0 Å². The van der Waals surface area contributed by atoms with Crippen LogP contribution in [0.15, 0.2) is 77.9 Å². The summed E-state index contributed by atoms with van der Waals surface area (Å²) < 4.78 is 0. The SMILES string of the molecule is Cc1cccc(NC(=O)NC2N=C(c3ccccn3)c3ccccc3N(C)C2=O)c1. The number of urea groups is 1. The van der Waals surface area contributed by atoms with Crippen molar-refractivity contribution in [2.45, 2.75) is 13.1 Å². The van der Waals surface area contributed by atoms with Gasteiger partial charge in [-0.15, -0.1) is 0 Å². The topological polar surface area (TPSA) is 86.7 Å². The highest BCUT2D eigenvalue weighted by Gasteiger charge is 2.31. The molecule has 2 heterocycles. The fourth-order valence-electron chi connectivity index (χ4n) is 3.34. The highest BCUT2D eigenvalue weighted by Crippen LogP contribution is 2.26. The molecule has 30 heavy (non-hydrogen) atoms. The lowest BCUT2D eigenvalue weighted by Crippen LogP contribution is -2.47. The third-order valence-corrected chi connectivity index (χ3v) is 4.79. The van der Waals surface area contributed by atoms with Gasteiger partial charge >= 0.3 is 6.03 Å². The van der Waals surface area contributed by atoms with Crippen LogP contribution in [-0.2, 0) is 4.79 Å². The zero-order chi connectivity index (χ0) is 21.1. The lowest BCUT2D eigenvalue weighted by molar-refractivity contribution is -0.119. The Labute approximate surface area is 174 Å². The molecule has 7 nitrogen and oxygen atoms in total. The molecule has 0 saturated carbocycles. The van der Waals surface area contributed by atoms with E-state index in [0.717, 1.165) is 11.1 Å². The molecule has 0 fully saturated rings. The number of para-hydroxylation sites is 1. The van der Waals surface area contributed by atoms with E-state index in [4.69, 9.17) is 0 Å². The highest BCUT2D eigenvalue weighted by molar-refractivity contribution is 6.19. The number of pyridine rings is 1. The zero-order valence-electron chi connectivity index (χ0n) is 16.7. The molecule has 0 saturated heterocycles. The van der Waals surface area contributed by atoms with E-state index in [-0.39, 0.29) is 5.91 Å². The molecule has 2 aromatic carbocycles. The number of aromatic nitrogens is 1. The Hall–Kier alpha value is -4.00. The van der Waals surface area contributed by atoms with Crippen molar-refractivity contribution in [1.82, 2.24) is 10.3 Å². The second kappa shape index (κ2) is 8.16. The lowest BCUT2D eigenvalue weighted by Gasteiger charge is -2.21. The molecule has 4 rings (SSSR count). The van der Waals surface area contributed by atoms with E-state index in [1.807, 2.05) is 67.6 Å². The van der Waals surface area contributed by atoms with Gasteiger partial charge in [-0.1, -0.05) is 36.4 Å². The number of fused-ring (bicyclic) bond motifs is 1. The molecule has 0 bridgehead atoms. The molecule has 1 unspecified atom stereocenters. The minimum absolute atomic E-state index is 0.340. The molecule has 2 N–H and O–H groups in total. The Balaban J connectivity index is 1.69. The van der Waals surface area contributed by atoms with Crippen LogP contribution in [0.1, 0.15) is 16.8 Å². The summed E-state index contributed by atoms with van der Waals surface area (Å²) in [6, 6.07) is 19.9. The summed E-state index contributed by atoms with van der Waals surface area (Å²) in [5.74, 6) is -0.340. The smallest absolute Gasteiger partial charge is 0.311 e. The second-order valence-electron chi connectivity index (χ2n) is 6.98. The summed E-state index contributed by atoms with van der Waals surface area (Å²) in [4.78, 5) is 36.2. The molecule has 7 heteroatoms. The first-order chi connectivity index (χ1) is 14.5. The van der Waals surface area contributed by atoms with E-state index in [0.29, 0.717) is 22.8 Å². The number of amides is 3. The molecule has 150 valence electrons. The number of rotatable bonds is 3. The summed E-state index contributed by atoms with van der Waals surface area (Å²) in [5.41, 5.74) is 4.30. The Morgan fingerprint density at radius 1 is 1.03 bits per heavy atom. The van der Waals surface area contributed by atoms with Gasteiger partial charge in [-0.25, -0.2) is 9.79 Å². The van der Waals surface area contributed by atoms with Gasteiger partial charge in [-0.3, -0.25) is 9.78 Å². The van der Waals surface area contributed by atoms with E-state index in [2.05, 4.69) is 20.6 Å². The molecule has 1 aliphatic rings. The maximum absolute atomic E-state index is 13.1. The van der Waals surface area contributed by atoms with E-state index < -0.39 is 12.2 Å². The summed E-state index contributed by atoms with van der Waals surface area (Å²) in [5, 5.41) is 5.44. The average molecular weight is 399 g/mol. The Morgan fingerprint density at radius 2 is 1.83 bits per heavy atom. The number of benzene rings is 2. The predicted octanol–water partition coefficient (Wildman–Crippen LogP) is 3.35. The van der Waals surface area contributed by atoms with Gasteiger partial charge in [0.2, 0.25) is 6.17 Å². The number of likely N-dealkylation sites (N-methyl/N-ethyl adjacent to an activating group) is 1. The highest BCUT2D eigenvalue weighted by atomic mass is 16.2. The van der Waals surface area contributed by atoms with Crippen LogP contribution in [-0.4, -0.2) is 35.8 Å². The standard InChI is InChI=1S/C23H21N5O2/c1-15-8-7-9-16(14-15)25-23(30)27-21-22(29)28(2)19-12-4-3-10-17(19)20(26-21)18-11-5-6-13-24-18/h3-14,21H,1-2H3,(H2,25,27,30). The number of carbonyl (C=O) groups is 2. The zero-order valence-corrected chi connectivity index (χ0v) is 16.7. The van der Waals surface area contributed by atoms with Gasteiger partial charge < -0.3 is 15.5 Å². The van der Waals surface area contributed by atoms with E-state index in [9.17, 15) is 9.59 Å². The van der Waals surface area contributed by atoms with Crippen LogP contribution in [0.4, 0.5) is 16.2 Å². The Kier molecular flexibility index (Phi) is 5.26. The van der Waals surface area contributed by atoms with Crippen LogP contribution >= 0.6 is 0 Å². The third-order valence-electron chi connectivity index (χ3n) is 4.79. The first-order valence-corrected chi connectivity index (χ1v) is 9.53. The maximum Gasteiger partial charge on any atom is 0.321 e. The lowest BCUT2D eigenvalue weighted by atomic mass is 10.0. The van der Waals surface area contributed by atoms with Crippen LogP contribution in [0.3, 0.4) is 0 Å². The monoisotopic (exact) mass is 399 g/mol. The average Bonchev–Trinajstić information content (AvgIpc) is 2.85. The number of nitrogens with one attached hydrogen (secondary N) is 2. The van der Waals surface area contributed by atoms with Crippen molar-refractivity contribution in [2.24, 2.45) is 4.99 Å². The van der Waals surface area contributed by atoms with Crippen molar-refractivity contribution in [3.05, 3.63) is 89.7 Å². The molecule has 3 amide bonds. The van der Waals surface area contributed by atoms with Crippen LogP contribution in [0, 0.1) is 6.92 Å². The molecule has 0 radical (unpaired) electrons. The summed E-state index contributed by atoms with van der Waals surface area (Å²) >= 11 is 0. The van der Waals surface area contributed by atoms with Crippen LogP contribution < -0.4 is 15.5 Å². The predicted molar refractivity (Wildman–Crippen MR) is 117 cm³/mol. The van der Waals surface area contributed by atoms with Crippen molar-refractivity contribution in [3.8, 4) is 0 Å². The summed E-state index contributed by atoms with van der Waals surface area (Å²) in [6.45, 7) is 1.94. The minimum Gasteiger partial charge on any atom is -0.311 e. The fraction of sp³-hybridized carbons (Fsp3) is 0.130. The normalized spacial score (nSPS) is 15.7. The number of hydrogen-bond donors (Lipinski definition) is 2. The van der Waals surface area contributed by atoms with Crippen LogP contribution in [0.2, 0.25) is 0 Å². The molecule has 0 spiro atoms. The van der Waals surface area contributed by atoms with E-state index in [1.54, 1.807) is 19.3 Å². The van der Waals surface area contributed by atoms with Gasteiger partial charge in [0.05, 0.1) is 17.1 Å². The number of aliphatic imine (C=N–C) groups is 1. The van der Waals surface area contributed by atoms with Gasteiger partial charge in [0.1, 0.15) is 0 Å². The van der Waals surface area contributed by atoms with Crippen molar-refractivity contribution < 1.29 is 9.59 Å². The molecule has 3 aromatic rings. The Bertz CT molecular complexity index is 1130. The minimum atomic E-state index is -1.09. The van der Waals surface area contributed by atoms with Crippen LogP contribution in [0.25, 0.3) is 0 Å². The first kappa shape index (κ1) is 19.3. The third kappa shape index (κ3) is 3.91. The quantitative estimate of drug-likeness (QED) is 0.708. The van der Waals surface area contributed by atoms with Crippen molar-refractivity contribution in [1.29, 1.82) is 0 Å². The molecule has 0 aliphatic carbocycles. The summed E-state index contributed by atoms with van der Waals surface area (Å²) in [7, 11) is 1.67. The van der Waals surface area contributed by atoms with Gasteiger partial charge in [-0.05, 0) is 42.8 Å². The van der Waals surface area contributed by atoms with Crippen molar-refractivity contribution in [3.63, 3.8) is 0 Å². The van der Waals surface area contributed by atoms with E-state index in [1.165, 1.54) is 4.90 Å². The number of benzodiazepines with no additional fused rings is 1. The largest absolute Gasteiger partial charge is 0.321 e. The number of nitrogens with zero attached hydrogens (tertiary/aromatic N) is 3. The van der Waals surface area contributed by atoms with Crippen LogP contribution in [0.5, 0.6) is 0 Å². The first-order valence-electron chi connectivity index (χ1n) is 9.53. The summed E-state index contributed by atoms with van der Waals surface area (Å²) in [6.07, 6.45) is 0.577. The van der Waals surface area contributed by atoms with Gasteiger partial charge in [0.25, 0.3) is 5.91 Å². The number of aryl methyl sites for hydroxylation is 1. The number of hydrogen-bond acceptors (Lipinski definition) is 4. The fourth-order valence-corrected chi connectivity index (χ4v) is 3.34. The number of anilines is 2. The molecule has 1 aliphatic heterocycles. The molecule has 1 aromatic heterocycles. The number of carbonyl (C=O) groups excluding carboxylic acids is 2. The van der Waals surface area contributed by atoms with Gasteiger partial charge in [0.15, 0.2) is 0 Å². The van der Waals surface area contributed by atoms with Crippen molar-refractivity contribution in [2.75, 3.05) is 17.3 Å². The van der Waals surface area contributed by atoms with Gasteiger partial charge in [0, 0.05) is 24.5 Å². The van der Waals surface area contributed by atoms with E-state index >= 15 is 0 Å². The maximum atomic E-state index is 13.1. The molecular weight excluding hydrogens is 378 g/mol.